The van der Waals surface area contributed by atoms with E-state index in [2.05, 4.69) is 24.4 Å². The van der Waals surface area contributed by atoms with Gasteiger partial charge in [-0.2, -0.15) is 0 Å². The van der Waals surface area contributed by atoms with E-state index < -0.39 is 0 Å². The fraction of sp³-hybridized carbons (Fsp3) is 0.391. The van der Waals surface area contributed by atoms with Gasteiger partial charge in [0.15, 0.2) is 0 Å². The molecule has 5 heteroatoms. The topological polar surface area (TPSA) is 52.6 Å². The summed E-state index contributed by atoms with van der Waals surface area (Å²) in [5.74, 6) is -0.175. The summed E-state index contributed by atoms with van der Waals surface area (Å²) in [5.41, 5.74) is 3.62. The molecule has 0 saturated carbocycles. The standard InChI is InChI=1S/C23H29N3O2/c1-16(2)22(27)24-20-15-17(3)11-12-21(20)26-14-8-13-25(23(26)28)18(4)19-9-6-5-7-10-19/h5-7,9-12,15-16,18H,8,13-14H2,1-4H3,(H,24,27). The number of benzene rings is 2. The van der Waals surface area contributed by atoms with Crippen LogP contribution in [0.15, 0.2) is 48.5 Å². The van der Waals surface area contributed by atoms with Crippen molar-refractivity contribution in [3.05, 3.63) is 59.7 Å². The van der Waals surface area contributed by atoms with Crippen LogP contribution < -0.4 is 10.2 Å². The van der Waals surface area contributed by atoms with E-state index in [1.807, 2.05) is 62.1 Å². The molecule has 0 spiro atoms. The van der Waals surface area contributed by atoms with E-state index in [9.17, 15) is 9.59 Å². The molecule has 0 radical (unpaired) electrons. The molecular formula is C23H29N3O2. The summed E-state index contributed by atoms with van der Waals surface area (Å²) in [5, 5.41) is 2.99. The van der Waals surface area contributed by atoms with Crippen LogP contribution in [0.2, 0.25) is 0 Å². The SMILES string of the molecule is Cc1ccc(N2CCCN(C(C)c3ccccc3)C2=O)c(NC(=O)C(C)C)c1. The van der Waals surface area contributed by atoms with Gasteiger partial charge in [-0.05, 0) is 43.5 Å². The second-order valence-corrected chi connectivity index (χ2v) is 7.73. The molecule has 1 N–H and O–H groups in total. The lowest BCUT2D eigenvalue weighted by molar-refractivity contribution is -0.118. The molecule has 0 aromatic heterocycles. The molecule has 5 nitrogen and oxygen atoms in total. The summed E-state index contributed by atoms with van der Waals surface area (Å²) in [4.78, 5) is 29.3. The number of carbonyl (C=O) groups is 2. The minimum atomic E-state index is -0.125. The lowest BCUT2D eigenvalue weighted by atomic mass is 10.1. The van der Waals surface area contributed by atoms with E-state index in [4.69, 9.17) is 0 Å². The van der Waals surface area contributed by atoms with Crippen molar-refractivity contribution in [2.75, 3.05) is 23.3 Å². The van der Waals surface area contributed by atoms with Gasteiger partial charge in [-0.25, -0.2) is 4.79 Å². The summed E-state index contributed by atoms with van der Waals surface area (Å²) < 4.78 is 0. The van der Waals surface area contributed by atoms with Gasteiger partial charge in [0.2, 0.25) is 5.91 Å². The van der Waals surface area contributed by atoms with Crippen LogP contribution in [-0.4, -0.2) is 29.9 Å². The summed E-state index contributed by atoms with van der Waals surface area (Å²) >= 11 is 0. The van der Waals surface area contributed by atoms with Crippen LogP contribution in [0.3, 0.4) is 0 Å². The molecule has 28 heavy (non-hydrogen) atoms. The van der Waals surface area contributed by atoms with Crippen molar-refractivity contribution < 1.29 is 9.59 Å². The highest BCUT2D eigenvalue weighted by molar-refractivity contribution is 6.01. The number of aryl methyl sites for hydroxylation is 1. The molecule has 3 rings (SSSR count). The molecule has 0 aliphatic carbocycles. The normalized spacial score (nSPS) is 15.7. The molecule has 1 fully saturated rings. The van der Waals surface area contributed by atoms with E-state index in [0.717, 1.165) is 29.8 Å². The summed E-state index contributed by atoms with van der Waals surface area (Å²) in [6, 6.07) is 15.9. The third-order valence-corrected chi connectivity index (χ3v) is 5.23. The number of carbonyl (C=O) groups excluding carboxylic acids is 2. The molecule has 0 bridgehead atoms. The van der Waals surface area contributed by atoms with Crippen LogP contribution in [0.5, 0.6) is 0 Å². The Balaban J connectivity index is 1.89. The maximum atomic E-state index is 13.3. The first-order chi connectivity index (χ1) is 13.4. The van der Waals surface area contributed by atoms with E-state index >= 15 is 0 Å². The predicted octanol–water partition coefficient (Wildman–Crippen LogP) is 4.98. The molecule has 3 amide bonds. The fourth-order valence-corrected chi connectivity index (χ4v) is 3.50. The van der Waals surface area contributed by atoms with Crippen molar-refractivity contribution in [1.82, 2.24) is 4.90 Å². The van der Waals surface area contributed by atoms with Gasteiger partial charge in [0.25, 0.3) is 0 Å². The van der Waals surface area contributed by atoms with Gasteiger partial charge >= 0.3 is 6.03 Å². The highest BCUT2D eigenvalue weighted by Gasteiger charge is 2.32. The van der Waals surface area contributed by atoms with E-state index in [1.54, 1.807) is 4.90 Å². The minimum absolute atomic E-state index is 0.00402. The Bertz CT molecular complexity index is 848. The van der Waals surface area contributed by atoms with Crippen LogP contribution in [0, 0.1) is 12.8 Å². The third kappa shape index (κ3) is 4.19. The third-order valence-electron chi connectivity index (χ3n) is 5.23. The Morgan fingerprint density at radius 3 is 2.43 bits per heavy atom. The largest absolute Gasteiger partial charge is 0.325 e. The van der Waals surface area contributed by atoms with Gasteiger partial charge in [-0.3, -0.25) is 9.69 Å². The Hall–Kier alpha value is -2.82. The van der Waals surface area contributed by atoms with Crippen LogP contribution in [-0.2, 0) is 4.79 Å². The van der Waals surface area contributed by atoms with Gasteiger partial charge in [0, 0.05) is 19.0 Å². The van der Waals surface area contributed by atoms with Crippen molar-refractivity contribution in [1.29, 1.82) is 0 Å². The van der Waals surface area contributed by atoms with Crippen LogP contribution in [0.25, 0.3) is 0 Å². The number of nitrogens with one attached hydrogen (secondary N) is 1. The van der Waals surface area contributed by atoms with Crippen LogP contribution in [0.1, 0.15) is 44.4 Å². The number of rotatable bonds is 5. The summed E-state index contributed by atoms with van der Waals surface area (Å²) in [6.45, 7) is 9.14. The van der Waals surface area contributed by atoms with Crippen molar-refractivity contribution in [2.24, 2.45) is 5.92 Å². The fourth-order valence-electron chi connectivity index (χ4n) is 3.50. The molecule has 1 aliphatic heterocycles. The van der Waals surface area contributed by atoms with E-state index in [-0.39, 0.29) is 23.9 Å². The van der Waals surface area contributed by atoms with Crippen molar-refractivity contribution in [2.45, 2.75) is 40.2 Å². The molecule has 1 heterocycles. The predicted molar refractivity (Wildman–Crippen MR) is 114 cm³/mol. The van der Waals surface area contributed by atoms with Gasteiger partial charge in [-0.1, -0.05) is 50.2 Å². The maximum Gasteiger partial charge on any atom is 0.325 e. The summed E-state index contributed by atoms with van der Waals surface area (Å²) in [6.07, 6.45) is 0.883. The number of anilines is 2. The second kappa shape index (κ2) is 8.46. The number of amides is 3. The molecule has 148 valence electrons. The molecule has 1 atom stereocenters. The van der Waals surface area contributed by atoms with Gasteiger partial charge in [0.05, 0.1) is 17.4 Å². The monoisotopic (exact) mass is 379 g/mol. The first-order valence-corrected chi connectivity index (χ1v) is 9.93. The Morgan fingerprint density at radius 2 is 1.75 bits per heavy atom. The Kier molecular flexibility index (Phi) is 6.02. The summed E-state index contributed by atoms with van der Waals surface area (Å²) in [7, 11) is 0. The Morgan fingerprint density at radius 1 is 1.04 bits per heavy atom. The first-order valence-electron chi connectivity index (χ1n) is 9.93. The second-order valence-electron chi connectivity index (χ2n) is 7.73. The molecule has 2 aromatic rings. The highest BCUT2D eigenvalue weighted by Crippen LogP contribution is 2.32. The van der Waals surface area contributed by atoms with Gasteiger partial charge in [0.1, 0.15) is 0 Å². The molecule has 2 aromatic carbocycles. The number of nitrogens with zero attached hydrogens (tertiary/aromatic N) is 2. The Labute approximate surface area is 167 Å². The zero-order chi connectivity index (χ0) is 20.3. The average molecular weight is 380 g/mol. The minimum Gasteiger partial charge on any atom is -0.324 e. The number of hydrogen-bond acceptors (Lipinski definition) is 2. The number of urea groups is 1. The molecule has 1 aliphatic rings. The lowest BCUT2D eigenvalue weighted by Crippen LogP contribution is -2.50. The number of hydrogen-bond donors (Lipinski definition) is 1. The van der Waals surface area contributed by atoms with Crippen molar-refractivity contribution in [3.63, 3.8) is 0 Å². The average Bonchev–Trinajstić information content (AvgIpc) is 2.69. The molecule has 1 unspecified atom stereocenters. The molecule has 1 saturated heterocycles. The first kappa shape index (κ1) is 19.9. The van der Waals surface area contributed by atoms with Crippen LogP contribution in [0.4, 0.5) is 16.2 Å². The van der Waals surface area contributed by atoms with Gasteiger partial charge in [-0.15, -0.1) is 0 Å². The van der Waals surface area contributed by atoms with Crippen molar-refractivity contribution >= 4 is 23.3 Å². The zero-order valence-electron chi connectivity index (χ0n) is 17.1. The van der Waals surface area contributed by atoms with Crippen LogP contribution >= 0.6 is 0 Å². The quantitative estimate of drug-likeness (QED) is 0.796. The van der Waals surface area contributed by atoms with E-state index in [1.165, 1.54) is 0 Å². The zero-order valence-corrected chi connectivity index (χ0v) is 17.1. The van der Waals surface area contributed by atoms with Gasteiger partial charge < -0.3 is 10.2 Å². The lowest BCUT2D eigenvalue weighted by Gasteiger charge is -2.39. The smallest absolute Gasteiger partial charge is 0.324 e. The van der Waals surface area contributed by atoms with E-state index in [0.29, 0.717) is 12.2 Å². The van der Waals surface area contributed by atoms with Crippen molar-refractivity contribution in [3.8, 4) is 0 Å². The maximum absolute atomic E-state index is 13.3. The molecular weight excluding hydrogens is 350 g/mol. The highest BCUT2D eigenvalue weighted by atomic mass is 16.2.